The highest BCUT2D eigenvalue weighted by Crippen LogP contribution is 2.33. The van der Waals surface area contributed by atoms with Crippen molar-refractivity contribution in [3.8, 4) is 0 Å². The number of carbonyl (C=O) groups excluding carboxylic acids is 1. The van der Waals surface area contributed by atoms with Crippen molar-refractivity contribution in [3.05, 3.63) is 34.3 Å². The van der Waals surface area contributed by atoms with E-state index < -0.39 is 23.6 Å². The Morgan fingerprint density at radius 2 is 1.91 bits per heavy atom. The van der Waals surface area contributed by atoms with E-state index in [4.69, 9.17) is 4.74 Å². The molecule has 0 radical (unpaired) electrons. The summed E-state index contributed by atoms with van der Waals surface area (Å²) in [6, 6.07) is 6.82. The van der Waals surface area contributed by atoms with E-state index in [2.05, 4.69) is 15.9 Å². The molecule has 0 unspecified atom stereocenters. The molecule has 5 nitrogen and oxygen atoms in total. The number of benzene rings is 1. The van der Waals surface area contributed by atoms with Gasteiger partial charge in [0, 0.05) is 11.0 Å². The zero-order valence-electron chi connectivity index (χ0n) is 13.6. The Morgan fingerprint density at radius 1 is 1.30 bits per heavy atom. The molecule has 1 fully saturated rings. The zero-order chi connectivity index (χ0) is 17.2. The molecule has 0 saturated carbocycles. The lowest BCUT2D eigenvalue weighted by Gasteiger charge is -2.31. The van der Waals surface area contributed by atoms with Gasteiger partial charge in [0.1, 0.15) is 11.5 Å². The maximum absolute atomic E-state index is 12.4. The van der Waals surface area contributed by atoms with Crippen molar-refractivity contribution in [2.75, 3.05) is 6.54 Å². The third-order valence-corrected chi connectivity index (χ3v) is 4.34. The second kappa shape index (κ2) is 6.91. The molecule has 1 aliphatic rings. The summed E-state index contributed by atoms with van der Waals surface area (Å²) >= 11 is 3.35. The molecule has 0 bridgehead atoms. The fraction of sp³-hybridized carbons (Fsp3) is 0.529. The number of likely N-dealkylation sites (tertiary alicyclic amines) is 1. The molecule has 1 N–H and O–H groups in total. The van der Waals surface area contributed by atoms with Crippen molar-refractivity contribution in [2.24, 2.45) is 0 Å². The number of nitrogens with zero attached hydrogens (tertiary/aromatic N) is 1. The highest BCUT2D eigenvalue weighted by molar-refractivity contribution is 9.10. The largest absolute Gasteiger partial charge is 0.481 e. The van der Waals surface area contributed by atoms with Gasteiger partial charge in [0.25, 0.3) is 0 Å². The molecule has 6 heteroatoms. The normalized spacial score (nSPS) is 19.5. The highest BCUT2D eigenvalue weighted by Gasteiger charge is 2.40. The summed E-state index contributed by atoms with van der Waals surface area (Å²) in [6.07, 6.45) is 1.000. The van der Waals surface area contributed by atoms with E-state index >= 15 is 0 Å². The van der Waals surface area contributed by atoms with E-state index in [1.807, 2.05) is 12.1 Å². The van der Waals surface area contributed by atoms with Crippen molar-refractivity contribution in [2.45, 2.75) is 51.2 Å². The van der Waals surface area contributed by atoms with Crippen molar-refractivity contribution in [1.29, 1.82) is 0 Å². The minimum absolute atomic E-state index is 0.386. The molecule has 0 spiro atoms. The Labute approximate surface area is 144 Å². The van der Waals surface area contributed by atoms with Crippen LogP contribution in [-0.4, -0.2) is 40.3 Å². The van der Waals surface area contributed by atoms with Crippen LogP contribution in [-0.2, 0) is 9.53 Å². The summed E-state index contributed by atoms with van der Waals surface area (Å²) in [6.45, 7) is 5.94. The van der Waals surface area contributed by atoms with Gasteiger partial charge in [-0.1, -0.05) is 28.1 Å². The molecule has 126 valence electrons. The van der Waals surface area contributed by atoms with Crippen LogP contribution < -0.4 is 0 Å². The van der Waals surface area contributed by atoms with Crippen LogP contribution in [0.4, 0.5) is 4.79 Å². The molecule has 2 rings (SSSR count). The summed E-state index contributed by atoms with van der Waals surface area (Å²) < 4.78 is 6.31. The molecule has 1 heterocycles. The quantitative estimate of drug-likeness (QED) is 0.855. The van der Waals surface area contributed by atoms with Gasteiger partial charge in [-0.15, -0.1) is 0 Å². The van der Waals surface area contributed by atoms with Crippen molar-refractivity contribution in [1.82, 2.24) is 4.90 Å². The van der Waals surface area contributed by atoms with Crippen LogP contribution in [0.15, 0.2) is 28.7 Å². The van der Waals surface area contributed by atoms with Crippen LogP contribution in [0.5, 0.6) is 0 Å². The number of carbonyl (C=O) groups is 2. The summed E-state index contributed by atoms with van der Waals surface area (Å²) in [4.78, 5) is 25.8. The molecule has 2 atom stereocenters. The van der Waals surface area contributed by atoms with Crippen LogP contribution in [0.2, 0.25) is 0 Å². The predicted octanol–water partition coefficient (Wildman–Crippen LogP) is 4.02. The van der Waals surface area contributed by atoms with Gasteiger partial charge in [-0.25, -0.2) is 4.79 Å². The lowest BCUT2D eigenvalue weighted by molar-refractivity contribution is -0.140. The summed E-state index contributed by atoms with van der Waals surface area (Å²) in [7, 11) is 0. The zero-order valence-corrected chi connectivity index (χ0v) is 15.2. The predicted molar refractivity (Wildman–Crippen MR) is 90.5 cm³/mol. The van der Waals surface area contributed by atoms with Gasteiger partial charge < -0.3 is 14.7 Å². The van der Waals surface area contributed by atoms with Crippen LogP contribution in [0, 0.1) is 0 Å². The molecular weight excluding hydrogens is 362 g/mol. The van der Waals surface area contributed by atoms with Crippen LogP contribution in [0.25, 0.3) is 0 Å². The van der Waals surface area contributed by atoms with E-state index in [1.54, 1.807) is 37.8 Å². The number of carboxylic acid groups (broad SMARTS) is 1. The van der Waals surface area contributed by atoms with Crippen molar-refractivity contribution >= 4 is 28.0 Å². The molecular formula is C17H22BrNO4. The smallest absolute Gasteiger partial charge is 0.410 e. The number of carboxylic acids is 1. The fourth-order valence-electron chi connectivity index (χ4n) is 2.89. The Balaban J connectivity index is 2.26. The molecule has 1 aromatic carbocycles. The maximum atomic E-state index is 12.4. The fourth-order valence-corrected chi connectivity index (χ4v) is 3.15. The molecule has 1 amide bonds. The monoisotopic (exact) mass is 383 g/mol. The standard InChI is InChI=1S/C17H22BrNO4/c1-17(2,3)23-16(22)19-10-4-5-13(19)14(15(20)21)11-6-8-12(18)9-7-11/h6-9,13-14H,4-5,10H2,1-3H3,(H,20,21)/t13-,14+/m0/s1. The van der Waals surface area contributed by atoms with Gasteiger partial charge in [-0.2, -0.15) is 0 Å². The first kappa shape index (κ1) is 17.8. The van der Waals surface area contributed by atoms with Gasteiger partial charge >= 0.3 is 12.1 Å². The second-order valence-corrected chi connectivity index (χ2v) is 7.67. The number of ether oxygens (including phenoxy) is 1. The van der Waals surface area contributed by atoms with E-state index in [0.29, 0.717) is 18.5 Å². The summed E-state index contributed by atoms with van der Waals surface area (Å²) in [5.41, 5.74) is 0.0988. The van der Waals surface area contributed by atoms with E-state index in [1.165, 1.54) is 0 Å². The molecule has 1 saturated heterocycles. The van der Waals surface area contributed by atoms with E-state index in [0.717, 1.165) is 10.9 Å². The number of amides is 1. The Bertz CT molecular complexity index is 579. The van der Waals surface area contributed by atoms with Gasteiger partial charge in [0.15, 0.2) is 0 Å². The van der Waals surface area contributed by atoms with E-state index in [-0.39, 0.29) is 6.04 Å². The second-order valence-electron chi connectivity index (χ2n) is 6.75. The summed E-state index contributed by atoms with van der Waals surface area (Å²) in [5.74, 6) is -1.68. The van der Waals surface area contributed by atoms with Crippen molar-refractivity contribution < 1.29 is 19.4 Å². The third kappa shape index (κ3) is 4.47. The number of aliphatic carboxylic acids is 1. The minimum Gasteiger partial charge on any atom is -0.481 e. The van der Waals surface area contributed by atoms with E-state index in [9.17, 15) is 14.7 Å². The number of hydrogen-bond donors (Lipinski definition) is 1. The molecule has 0 aromatic heterocycles. The Morgan fingerprint density at radius 3 is 2.43 bits per heavy atom. The lowest BCUT2D eigenvalue weighted by atomic mass is 9.90. The molecule has 0 aliphatic carbocycles. The lowest BCUT2D eigenvalue weighted by Crippen LogP contribution is -2.44. The first-order chi connectivity index (χ1) is 10.7. The van der Waals surface area contributed by atoms with Crippen LogP contribution in [0.3, 0.4) is 0 Å². The topological polar surface area (TPSA) is 66.8 Å². The highest BCUT2D eigenvalue weighted by atomic mass is 79.9. The first-order valence-corrected chi connectivity index (χ1v) is 8.46. The van der Waals surface area contributed by atoms with Crippen molar-refractivity contribution in [3.63, 3.8) is 0 Å². The molecule has 1 aromatic rings. The number of rotatable bonds is 3. The average Bonchev–Trinajstić information content (AvgIpc) is 2.88. The van der Waals surface area contributed by atoms with Gasteiger partial charge in [-0.05, 0) is 51.3 Å². The number of hydrogen-bond acceptors (Lipinski definition) is 3. The molecule has 1 aliphatic heterocycles. The van der Waals surface area contributed by atoms with Gasteiger partial charge in [-0.3, -0.25) is 4.79 Å². The van der Waals surface area contributed by atoms with Gasteiger partial charge in [0.05, 0.1) is 6.04 Å². The van der Waals surface area contributed by atoms with Crippen LogP contribution in [0.1, 0.15) is 45.1 Å². The molecule has 23 heavy (non-hydrogen) atoms. The Hall–Kier alpha value is -1.56. The van der Waals surface area contributed by atoms with Gasteiger partial charge in [0.2, 0.25) is 0 Å². The average molecular weight is 384 g/mol. The minimum atomic E-state index is -0.923. The third-order valence-electron chi connectivity index (χ3n) is 3.81. The summed E-state index contributed by atoms with van der Waals surface area (Å²) in [5, 5.41) is 9.70. The maximum Gasteiger partial charge on any atom is 0.410 e. The SMILES string of the molecule is CC(C)(C)OC(=O)N1CCC[C@H]1[C@H](C(=O)O)c1ccc(Br)cc1. The first-order valence-electron chi connectivity index (χ1n) is 7.67. The Kier molecular flexibility index (Phi) is 5.34. The number of halogens is 1. The van der Waals surface area contributed by atoms with Crippen LogP contribution >= 0.6 is 15.9 Å².